The molecule has 1 aromatic heterocycles. The van der Waals surface area contributed by atoms with Crippen LogP contribution < -0.4 is 15.4 Å². The van der Waals surface area contributed by atoms with Crippen LogP contribution in [-0.2, 0) is 17.8 Å². The van der Waals surface area contributed by atoms with Crippen LogP contribution in [0.5, 0.6) is 5.75 Å². The van der Waals surface area contributed by atoms with Crippen molar-refractivity contribution in [2.45, 2.75) is 45.9 Å². The zero-order chi connectivity index (χ0) is 23.0. The Kier molecular flexibility index (Phi) is 7.62. The summed E-state index contributed by atoms with van der Waals surface area (Å²) in [6, 6.07) is 14.4. The van der Waals surface area contributed by atoms with E-state index in [1.165, 1.54) is 11.1 Å². The third kappa shape index (κ3) is 6.35. The molecule has 0 bridgehead atoms. The predicted octanol–water partition coefficient (Wildman–Crippen LogP) is 4.38. The Morgan fingerprint density at radius 1 is 1.09 bits per heavy atom. The minimum atomic E-state index is 0.188. The van der Waals surface area contributed by atoms with E-state index in [1.54, 1.807) is 13.3 Å². The minimum absolute atomic E-state index is 0.188. The summed E-state index contributed by atoms with van der Waals surface area (Å²) in [6.45, 7) is 6.64. The van der Waals surface area contributed by atoms with E-state index in [0.717, 1.165) is 42.0 Å². The summed E-state index contributed by atoms with van der Waals surface area (Å²) in [4.78, 5) is 8.90. The van der Waals surface area contributed by atoms with E-state index in [0.29, 0.717) is 31.5 Å². The highest BCUT2D eigenvalue weighted by molar-refractivity contribution is 5.79. The topological polar surface area (TPSA) is 80.9 Å². The molecule has 0 amide bonds. The number of benzene rings is 2. The third-order valence-electron chi connectivity index (χ3n) is 5.63. The van der Waals surface area contributed by atoms with E-state index in [9.17, 15) is 0 Å². The molecule has 4 rings (SSSR count). The second-order valence-electron chi connectivity index (χ2n) is 8.35. The normalized spacial score (nSPS) is 16.1. The van der Waals surface area contributed by atoms with Gasteiger partial charge in [0.05, 0.1) is 18.3 Å². The smallest absolute Gasteiger partial charge is 0.226 e. The number of guanidine groups is 1. The molecule has 2 heterocycles. The van der Waals surface area contributed by atoms with Crippen molar-refractivity contribution in [3.05, 3.63) is 71.1 Å². The summed E-state index contributed by atoms with van der Waals surface area (Å²) in [5.74, 6) is 2.18. The first-order chi connectivity index (χ1) is 16.1. The summed E-state index contributed by atoms with van der Waals surface area (Å²) in [6.07, 6.45) is 4.03. The van der Waals surface area contributed by atoms with E-state index < -0.39 is 0 Å². The number of rotatable bonds is 8. The number of aromatic nitrogens is 1. The van der Waals surface area contributed by atoms with Crippen LogP contribution in [-0.4, -0.2) is 37.3 Å². The van der Waals surface area contributed by atoms with Gasteiger partial charge in [-0.25, -0.2) is 4.98 Å². The number of aryl methyl sites for hydroxylation is 2. The summed E-state index contributed by atoms with van der Waals surface area (Å²) in [5, 5.41) is 6.65. The SMILES string of the molecule is CN=C(NCc1coc(-c2ccc(C)cc2)n1)NCc1ccc(C)cc1OCC1CCCO1. The van der Waals surface area contributed by atoms with Gasteiger partial charge in [-0.05, 0) is 50.5 Å². The summed E-state index contributed by atoms with van der Waals surface area (Å²) >= 11 is 0. The highest BCUT2D eigenvalue weighted by Crippen LogP contribution is 2.22. The Morgan fingerprint density at radius 3 is 2.64 bits per heavy atom. The number of aliphatic imine (C=N–C) groups is 1. The van der Waals surface area contributed by atoms with Crippen molar-refractivity contribution in [2.75, 3.05) is 20.3 Å². The van der Waals surface area contributed by atoms with Crippen molar-refractivity contribution in [1.29, 1.82) is 0 Å². The molecule has 7 nitrogen and oxygen atoms in total. The van der Waals surface area contributed by atoms with Crippen LogP contribution in [0.4, 0.5) is 0 Å². The van der Waals surface area contributed by atoms with E-state index in [-0.39, 0.29) is 6.10 Å². The van der Waals surface area contributed by atoms with Crippen molar-refractivity contribution in [1.82, 2.24) is 15.6 Å². The van der Waals surface area contributed by atoms with Gasteiger partial charge < -0.3 is 24.5 Å². The molecule has 7 heteroatoms. The van der Waals surface area contributed by atoms with Crippen LogP contribution in [0.2, 0.25) is 0 Å². The van der Waals surface area contributed by atoms with Gasteiger partial charge in [0, 0.05) is 31.3 Å². The zero-order valence-electron chi connectivity index (χ0n) is 19.6. The maximum Gasteiger partial charge on any atom is 0.226 e. The molecule has 0 saturated carbocycles. The molecule has 2 aromatic carbocycles. The van der Waals surface area contributed by atoms with Crippen LogP contribution in [0.25, 0.3) is 11.5 Å². The monoisotopic (exact) mass is 448 g/mol. The molecule has 174 valence electrons. The van der Waals surface area contributed by atoms with Crippen molar-refractivity contribution in [3.8, 4) is 17.2 Å². The van der Waals surface area contributed by atoms with Crippen LogP contribution in [0.1, 0.15) is 35.2 Å². The molecule has 1 saturated heterocycles. The van der Waals surface area contributed by atoms with E-state index >= 15 is 0 Å². The van der Waals surface area contributed by atoms with Gasteiger partial charge in [-0.3, -0.25) is 4.99 Å². The first kappa shape index (κ1) is 22.9. The van der Waals surface area contributed by atoms with Gasteiger partial charge in [0.15, 0.2) is 5.96 Å². The molecule has 0 aliphatic carbocycles. The number of nitrogens with one attached hydrogen (secondary N) is 2. The van der Waals surface area contributed by atoms with Gasteiger partial charge >= 0.3 is 0 Å². The molecule has 3 aromatic rings. The van der Waals surface area contributed by atoms with Crippen LogP contribution in [0.15, 0.2) is 58.1 Å². The first-order valence-electron chi connectivity index (χ1n) is 11.4. The molecule has 33 heavy (non-hydrogen) atoms. The fourth-order valence-electron chi connectivity index (χ4n) is 3.69. The van der Waals surface area contributed by atoms with Crippen LogP contribution in [0.3, 0.4) is 0 Å². The van der Waals surface area contributed by atoms with Gasteiger partial charge in [-0.1, -0.05) is 29.8 Å². The van der Waals surface area contributed by atoms with Gasteiger partial charge in [0.2, 0.25) is 5.89 Å². The Hall–Kier alpha value is -3.32. The lowest BCUT2D eigenvalue weighted by atomic mass is 10.1. The fourth-order valence-corrected chi connectivity index (χ4v) is 3.69. The summed E-state index contributed by atoms with van der Waals surface area (Å²) in [7, 11) is 1.75. The van der Waals surface area contributed by atoms with Gasteiger partial charge in [0.1, 0.15) is 18.6 Å². The van der Waals surface area contributed by atoms with Crippen molar-refractivity contribution >= 4 is 5.96 Å². The zero-order valence-corrected chi connectivity index (χ0v) is 19.6. The number of nitrogens with zero attached hydrogens (tertiary/aromatic N) is 2. The van der Waals surface area contributed by atoms with Gasteiger partial charge in [0.25, 0.3) is 0 Å². The molecule has 1 atom stereocenters. The Balaban J connectivity index is 1.31. The average Bonchev–Trinajstić information content (AvgIpc) is 3.51. The quantitative estimate of drug-likeness (QED) is 0.393. The lowest BCUT2D eigenvalue weighted by Gasteiger charge is -2.17. The van der Waals surface area contributed by atoms with E-state index in [1.807, 2.05) is 24.3 Å². The standard InChI is InChI=1S/C26H32N4O3/c1-18-6-9-20(10-7-18)25-30-22(16-33-25)15-29-26(27-3)28-14-21-11-8-19(2)13-24(21)32-17-23-5-4-12-31-23/h6-11,13,16,23H,4-5,12,14-15,17H2,1-3H3,(H2,27,28,29). The molecule has 1 aliphatic heterocycles. The number of hydrogen-bond acceptors (Lipinski definition) is 5. The molecule has 0 radical (unpaired) electrons. The summed E-state index contributed by atoms with van der Waals surface area (Å²) < 4.78 is 17.4. The maximum absolute atomic E-state index is 6.10. The third-order valence-corrected chi connectivity index (χ3v) is 5.63. The number of ether oxygens (including phenoxy) is 2. The molecule has 0 spiro atoms. The average molecular weight is 449 g/mol. The minimum Gasteiger partial charge on any atom is -0.491 e. The lowest BCUT2D eigenvalue weighted by molar-refractivity contribution is 0.0676. The van der Waals surface area contributed by atoms with Crippen LogP contribution in [0, 0.1) is 13.8 Å². The Morgan fingerprint density at radius 2 is 1.88 bits per heavy atom. The molecule has 2 N–H and O–H groups in total. The predicted molar refractivity (Wildman–Crippen MR) is 129 cm³/mol. The lowest BCUT2D eigenvalue weighted by Crippen LogP contribution is -2.36. The maximum atomic E-state index is 6.10. The van der Waals surface area contributed by atoms with E-state index in [2.05, 4.69) is 52.7 Å². The molecule has 1 fully saturated rings. The molecule has 1 unspecified atom stereocenters. The molecule has 1 aliphatic rings. The first-order valence-corrected chi connectivity index (χ1v) is 11.4. The largest absolute Gasteiger partial charge is 0.491 e. The van der Waals surface area contributed by atoms with E-state index in [4.69, 9.17) is 13.9 Å². The second-order valence-corrected chi connectivity index (χ2v) is 8.35. The van der Waals surface area contributed by atoms with Gasteiger partial charge in [-0.2, -0.15) is 0 Å². The number of oxazole rings is 1. The van der Waals surface area contributed by atoms with Crippen LogP contribution >= 0.6 is 0 Å². The summed E-state index contributed by atoms with van der Waals surface area (Å²) in [5.41, 5.74) is 5.22. The highest BCUT2D eigenvalue weighted by Gasteiger charge is 2.17. The van der Waals surface area contributed by atoms with Crippen molar-refractivity contribution in [3.63, 3.8) is 0 Å². The number of hydrogen-bond donors (Lipinski definition) is 2. The molecular weight excluding hydrogens is 416 g/mol. The second kappa shape index (κ2) is 11.0. The fraction of sp³-hybridized carbons (Fsp3) is 0.385. The Labute approximate surface area is 195 Å². The van der Waals surface area contributed by atoms with Gasteiger partial charge in [-0.15, -0.1) is 0 Å². The highest BCUT2D eigenvalue weighted by atomic mass is 16.5. The Bertz CT molecular complexity index is 1070. The molecular formula is C26H32N4O3. The van der Waals surface area contributed by atoms with Crippen molar-refractivity contribution in [2.24, 2.45) is 4.99 Å². The van der Waals surface area contributed by atoms with Crippen molar-refractivity contribution < 1.29 is 13.9 Å².